The molecule has 1 rings (SSSR count). The second-order valence-corrected chi connectivity index (χ2v) is 4.16. The maximum Gasteiger partial charge on any atom is 0.127 e. The fourth-order valence-corrected chi connectivity index (χ4v) is 1.70. The first-order valence-electron chi connectivity index (χ1n) is 5.95. The average molecular weight is 270 g/mol. The first kappa shape index (κ1) is 15.0. The van der Waals surface area contributed by atoms with Crippen molar-refractivity contribution in [3.8, 4) is 5.75 Å². The van der Waals surface area contributed by atoms with Crippen molar-refractivity contribution in [3.05, 3.63) is 40.9 Å². The number of methoxy groups -OCH3 is 1. The summed E-state index contributed by atoms with van der Waals surface area (Å²) in [5.41, 5.74) is 3.74. The van der Waals surface area contributed by atoms with Crippen molar-refractivity contribution in [2.24, 2.45) is 0 Å². The van der Waals surface area contributed by atoms with E-state index in [1.54, 1.807) is 13.2 Å². The number of hydrogen-bond donors (Lipinski definition) is 1. The quantitative estimate of drug-likeness (QED) is 0.736. The maximum atomic E-state index is 5.72. The van der Waals surface area contributed by atoms with E-state index < -0.39 is 0 Å². The lowest BCUT2D eigenvalue weighted by molar-refractivity contribution is 0.199. The zero-order chi connectivity index (χ0) is 13.2. The first-order chi connectivity index (χ1) is 8.79. The number of ether oxygens (including phenoxy) is 2. The predicted molar refractivity (Wildman–Crippen MR) is 75.2 cm³/mol. The molecule has 100 valence electrons. The lowest BCUT2D eigenvalue weighted by Gasteiger charge is -2.13. The number of benzene rings is 1. The second-order valence-electron chi connectivity index (χ2n) is 3.91. The summed E-state index contributed by atoms with van der Waals surface area (Å²) in [5, 5.41) is 3.31. The van der Waals surface area contributed by atoms with Gasteiger partial charge in [-0.2, -0.15) is 0 Å². The Morgan fingerprint density at radius 2 is 2.22 bits per heavy atom. The molecule has 0 aliphatic carbocycles. The Morgan fingerprint density at radius 1 is 1.39 bits per heavy atom. The summed E-state index contributed by atoms with van der Waals surface area (Å²) in [6.07, 6.45) is 1.77. The van der Waals surface area contributed by atoms with Gasteiger partial charge in [-0.05, 0) is 18.6 Å². The number of aryl methyl sites for hydroxylation is 1. The van der Waals surface area contributed by atoms with Gasteiger partial charge in [0.1, 0.15) is 12.4 Å². The first-order valence-corrected chi connectivity index (χ1v) is 6.39. The van der Waals surface area contributed by atoms with Crippen LogP contribution in [-0.2, 0) is 11.3 Å². The van der Waals surface area contributed by atoms with Gasteiger partial charge in [-0.1, -0.05) is 29.8 Å². The third kappa shape index (κ3) is 5.08. The average Bonchev–Trinajstić information content (AvgIpc) is 2.37. The van der Waals surface area contributed by atoms with E-state index in [4.69, 9.17) is 21.1 Å². The summed E-state index contributed by atoms with van der Waals surface area (Å²) in [4.78, 5) is 0. The molecular weight excluding hydrogens is 250 g/mol. The van der Waals surface area contributed by atoms with Crippen LogP contribution in [0, 0.1) is 6.92 Å². The van der Waals surface area contributed by atoms with E-state index in [9.17, 15) is 0 Å². The van der Waals surface area contributed by atoms with E-state index in [1.807, 2.05) is 19.1 Å². The molecule has 1 aromatic carbocycles. The van der Waals surface area contributed by atoms with Crippen LogP contribution < -0.4 is 10.1 Å². The molecule has 0 fully saturated rings. The van der Waals surface area contributed by atoms with Gasteiger partial charge in [-0.3, -0.25) is 0 Å². The van der Waals surface area contributed by atoms with Gasteiger partial charge in [0.05, 0.1) is 6.61 Å². The summed E-state index contributed by atoms with van der Waals surface area (Å²) in [6.45, 7) is 4.82. The second kappa shape index (κ2) is 8.97. The molecule has 0 aliphatic heterocycles. The number of halogens is 1. The molecular formula is C14H20ClNO2. The molecule has 0 spiro atoms. The van der Waals surface area contributed by atoms with Gasteiger partial charge in [0.2, 0.25) is 0 Å². The van der Waals surface area contributed by atoms with Crippen LogP contribution >= 0.6 is 11.6 Å². The van der Waals surface area contributed by atoms with Crippen molar-refractivity contribution in [3.63, 3.8) is 0 Å². The zero-order valence-corrected chi connectivity index (χ0v) is 11.7. The van der Waals surface area contributed by atoms with Crippen LogP contribution in [-0.4, -0.2) is 26.9 Å². The number of rotatable bonds is 8. The van der Waals surface area contributed by atoms with E-state index >= 15 is 0 Å². The molecule has 0 saturated carbocycles. The van der Waals surface area contributed by atoms with Crippen molar-refractivity contribution in [1.82, 2.24) is 5.32 Å². The van der Waals surface area contributed by atoms with Gasteiger partial charge >= 0.3 is 0 Å². The molecule has 0 atom stereocenters. The van der Waals surface area contributed by atoms with Crippen molar-refractivity contribution < 1.29 is 9.47 Å². The molecule has 0 saturated heterocycles. The van der Waals surface area contributed by atoms with E-state index in [0.29, 0.717) is 13.2 Å². The van der Waals surface area contributed by atoms with E-state index in [-0.39, 0.29) is 0 Å². The van der Waals surface area contributed by atoms with Crippen LogP contribution in [0.3, 0.4) is 0 Å². The van der Waals surface area contributed by atoms with Crippen LogP contribution in [0.25, 0.3) is 0 Å². The highest BCUT2D eigenvalue weighted by molar-refractivity contribution is 6.25. The third-order valence-electron chi connectivity index (χ3n) is 2.50. The molecule has 0 heterocycles. The monoisotopic (exact) mass is 269 g/mol. The summed E-state index contributed by atoms with van der Waals surface area (Å²) in [5.74, 6) is 0.928. The van der Waals surface area contributed by atoms with E-state index in [1.165, 1.54) is 5.54 Å². The molecule has 3 nitrogen and oxygen atoms in total. The highest BCUT2D eigenvalue weighted by Gasteiger charge is 2.05. The topological polar surface area (TPSA) is 30.5 Å². The molecule has 0 unspecified atom stereocenters. The Morgan fingerprint density at radius 3 is 2.94 bits per heavy atom. The van der Waals surface area contributed by atoms with Gasteiger partial charge in [0.15, 0.2) is 0 Å². The smallest absolute Gasteiger partial charge is 0.127 e. The standard InChI is InChI=1S/C14H20ClNO2/c1-12-5-3-6-13(11-16-8-10-17-2)14(12)18-9-4-7-15/h3-7,16H,8-11H2,1-2H3/b7-4+. The van der Waals surface area contributed by atoms with Crippen molar-refractivity contribution in [2.45, 2.75) is 13.5 Å². The highest BCUT2D eigenvalue weighted by atomic mass is 35.5. The minimum atomic E-state index is 0.486. The summed E-state index contributed by atoms with van der Waals surface area (Å²) in [7, 11) is 1.70. The fourth-order valence-electron chi connectivity index (χ4n) is 1.62. The Balaban J connectivity index is 2.61. The maximum absolute atomic E-state index is 5.72. The molecule has 0 radical (unpaired) electrons. The van der Waals surface area contributed by atoms with Crippen LogP contribution in [0.4, 0.5) is 0 Å². The van der Waals surface area contributed by atoms with Crippen molar-refractivity contribution >= 4 is 11.6 Å². The molecule has 4 heteroatoms. The Bertz CT molecular complexity index is 380. The SMILES string of the molecule is COCCNCc1cccc(C)c1OC/C=C/Cl. The van der Waals surface area contributed by atoms with Gasteiger partial charge in [0, 0.05) is 31.3 Å². The number of para-hydroxylation sites is 1. The van der Waals surface area contributed by atoms with E-state index in [2.05, 4.69) is 11.4 Å². The molecule has 1 N–H and O–H groups in total. The normalized spacial score (nSPS) is 11.1. The summed E-state index contributed by atoms with van der Waals surface area (Å²) >= 11 is 5.48. The summed E-state index contributed by atoms with van der Waals surface area (Å²) in [6, 6.07) is 6.14. The molecule has 18 heavy (non-hydrogen) atoms. The Kier molecular flexibility index (Phi) is 7.49. The zero-order valence-electron chi connectivity index (χ0n) is 10.9. The molecule has 1 aromatic rings. The Labute approximate surface area is 114 Å². The van der Waals surface area contributed by atoms with Gasteiger partial charge in [-0.15, -0.1) is 0 Å². The van der Waals surface area contributed by atoms with Crippen molar-refractivity contribution in [2.75, 3.05) is 26.9 Å². The predicted octanol–water partition coefficient (Wildman–Crippen LogP) is 2.86. The van der Waals surface area contributed by atoms with Crippen LogP contribution in [0.1, 0.15) is 11.1 Å². The van der Waals surface area contributed by atoms with Crippen molar-refractivity contribution in [1.29, 1.82) is 0 Å². The largest absolute Gasteiger partial charge is 0.489 e. The fraction of sp³-hybridized carbons (Fsp3) is 0.429. The van der Waals surface area contributed by atoms with Gasteiger partial charge in [0.25, 0.3) is 0 Å². The molecule has 0 aliphatic rings. The molecule has 0 amide bonds. The highest BCUT2D eigenvalue weighted by Crippen LogP contribution is 2.23. The van der Waals surface area contributed by atoms with E-state index in [0.717, 1.165) is 30.0 Å². The third-order valence-corrected chi connectivity index (χ3v) is 2.68. The minimum absolute atomic E-state index is 0.486. The molecule has 0 aromatic heterocycles. The van der Waals surface area contributed by atoms with Crippen LogP contribution in [0.15, 0.2) is 29.8 Å². The van der Waals surface area contributed by atoms with Gasteiger partial charge in [-0.25, -0.2) is 0 Å². The van der Waals surface area contributed by atoms with Gasteiger partial charge < -0.3 is 14.8 Å². The lowest BCUT2D eigenvalue weighted by Crippen LogP contribution is -2.19. The minimum Gasteiger partial charge on any atom is -0.489 e. The van der Waals surface area contributed by atoms with Crippen LogP contribution in [0.2, 0.25) is 0 Å². The number of hydrogen-bond acceptors (Lipinski definition) is 3. The Hall–Kier alpha value is -1.03. The number of nitrogens with one attached hydrogen (secondary N) is 1. The molecule has 0 bridgehead atoms. The lowest BCUT2D eigenvalue weighted by atomic mass is 10.1. The van der Waals surface area contributed by atoms with Crippen LogP contribution in [0.5, 0.6) is 5.75 Å². The summed E-state index contributed by atoms with van der Waals surface area (Å²) < 4.78 is 10.7.